The first-order chi connectivity index (χ1) is 9.43. The van der Waals surface area contributed by atoms with Gasteiger partial charge in [-0.05, 0) is 30.7 Å². The summed E-state index contributed by atoms with van der Waals surface area (Å²) in [6.07, 6.45) is -0.0387. The standard InChI is InChI=1S/C14H18F2N2O2/c1-9(7-17)8-18-14(20)5-4-13(19)10-2-3-11(15)12(16)6-10/h2-3,6,9H,4-5,7-8,17H2,1H3,(H,18,20). The van der Waals surface area contributed by atoms with E-state index >= 15 is 0 Å². The Hall–Kier alpha value is -1.82. The fourth-order valence-corrected chi connectivity index (χ4v) is 1.50. The number of amides is 1. The Morgan fingerprint density at radius 3 is 2.55 bits per heavy atom. The lowest BCUT2D eigenvalue weighted by molar-refractivity contribution is -0.121. The van der Waals surface area contributed by atoms with Gasteiger partial charge in [-0.1, -0.05) is 6.92 Å². The van der Waals surface area contributed by atoms with Crippen molar-refractivity contribution < 1.29 is 18.4 Å². The lowest BCUT2D eigenvalue weighted by Gasteiger charge is -2.09. The zero-order valence-corrected chi connectivity index (χ0v) is 11.3. The molecule has 3 N–H and O–H groups in total. The van der Waals surface area contributed by atoms with Crippen molar-refractivity contribution in [2.75, 3.05) is 13.1 Å². The molecule has 0 heterocycles. The summed E-state index contributed by atoms with van der Waals surface area (Å²) in [5, 5.41) is 2.66. The second-order valence-electron chi connectivity index (χ2n) is 4.70. The van der Waals surface area contributed by atoms with Gasteiger partial charge in [-0.2, -0.15) is 0 Å². The Morgan fingerprint density at radius 1 is 1.25 bits per heavy atom. The number of carbonyl (C=O) groups is 2. The molecule has 1 aromatic rings. The minimum atomic E-state index is -1.07. The molecule has 20 heavy (non-hydrogen) atoms. The molecule has 4 nitrogen and oxygen atoms in total. The number of rotatable bonds is 7. The number of nitrogens with two attached hydrogens (primary N) is 1. The summed E-state index contributed by atoms with van der Waals surface area (Å²) < 4.78 is 25.7. The van der Waals surface area contributed by atoms with Crippen molar-refractivity contribution in [1.29, 1.82) is 0 Å². The molecule has 1 rings (SSSR count). The van der Waals surface area contributed by atoms with Crippen molar-refractivity contribution in [3.05, 3.63) is 35.4 Å². The van der Waals surface area contributed by atoms with Crippen molar-refractivity contribution in [2.24, 2.45) is 11.7 Å². The number of ketones is 1. The van der Waals surface area contributed by atoms with Crippen LogP contribution in [-0.4, -0.2) is 24.8 Å². The molecule has 0 saturated carbocycles. The molecule has 0 aliphatic heterocycles. The third-order valence-electron chi connectivity index (χ3n) is 2.87. The second-order valence-corrected chi connectivity index (χ2v) is 4.70. The summed E-state index contributed by atoms with van der Waals surface area (Å²) in [5.41, 5.74) is 5.47. The van der Waals surface area contributed by atoms with Crippen LogP contribution in [0.5, 0.6) is 0 Å². The number of carbonyl (C=O) groups excluding carboxylic acids is 2. The smallest absolute Gasteiger partial charge is 0.220 e. The van der Waals surface area contributed by atoms with Crippen LogP contribution in [0.15, 0.2) is 18.2 Å². The Labute approximate surface area is 116 Å². The maximum absolute atomic E-state index is 13.0. The number of hydrogen-bond acceptors (Lipinski definition) is 3. The molecule has 0 aliphatic carbocycles. The van der Waals surface area contributed by atoms with Gasteiger partial charge in [0.05, 0.1) is 0 Å². The van der Waals surface area contributed by atoms with Gasteiger partial charge in [0.25, 0.3) is 0 Å². The molecule has 0 radical (unpaired) electrons. The van der Waals surface area contributed by atoms with Crippen molar-refractivity contribution in [2.45, 2.75) is 19.8 Å². The highest BCUT2D eigenvalue weighted by Gasteiger charge is 2.12. The summed E-state index contributed by atoms with van der Waals surface area (Å²) >= 11 is 0. The monoisotopic (exact) mass is 284 g/mol. The third-order valence-corrected chi connectivity index (χ3v) is 2.87. The fraction of sp³-hybridized carbons (Fsp3) is 0.429. The van der Waals surface area contributed by atoms with Crippen LogP contribution in [0.1, 0.15) is 30.1 Å². The zero-order valence-electron chi connectivity index (χ0n) is 11.3. The van der Waals surface area contributed by atoms with Gasteiger partial charge in [-0.3, -0.25) is 9.59 Å². The molecule has 110 valence electrons. The van der Waals surface area contributed by atoms with E-state index in [-0.39, 0.29) is 30.2 Å². The average Bonchev–Trinajstić information content (AvgIpc) is 2.44. The highest BCUT2D eigenvalue weighted by molar-refractivity contribution is 5.97. The van der Waals surface area contributed by atoms with Crippen LogP contribution < -0.4 is 11.1 Å². The predicted octanol–water partition coefficient (Wildman–Crippen LogP) is 1.64. The Bertz CT molecular complexity index is 492. The van der Waals surface area contributed by atoms with Crippen molar-refractivity contribution in [3.63, 3.8) is 0 Å². The topological polar surface area (TPSA) is 72.2 Å². The summed E-state index contributed by atoms with van der Waals surface area (Å²) in [6, 6.07) is 2.94. The quantitative estimate of drug-likeness (QED) is 0.748. The molecule has 0 saturated heterocycles. The van der Waals surface area contributed by atoms with E-state index in [9.17, 15) is 18.4 Å². The first kappa shape index (κ1) is 16.2. The van der Waals surface area contributed by atoms with Gasteiger partial charge < -0.3 is 11.1 Å². The molecule has 6 heteroatoms. The van der Waals surface area contributed by atoms with E-state index in [4.69, 9.17) is 5.73 Å². The van der Waals surface area contributed by atoms with E-state index in [1.807, 2.05) is 6.92 Å². The molecular formula is C14H18F2N2O2. The van der Waals surface area contributed by atoms with E-state index in [0.29, 0.717) is 13.1 Å². The first-order valence-electron chi connectivity index (χ1n) is 6.39. The van der Waals surface area contributed by atoms with Gasteiger partial charge in [-0.25, -0.2) is 8.78 Å². The van der Waals surface area contributed by atoms with Crippen molar-refractivity contribution >= 4 is 11.7 Å². The summed E-state index contributed by atoms with van der Waals surface area (Å²) in [5.74, 6) is -2.57. The summed E-state index contributed by atoms with van der Waals surface area (Å²) in [6.45, 7) is 2.81. The molecule has 1 atom stereocenters. The normalized spacial score (nSPS) is 12.0. The highest BCUT2D eigenvalue weighted by Crippen LogP contribution is 2.11. The van der Waals surface area contributed by atoms with Gasteiger partial charge in [-0.15, -0.1) is 0 Å². The van der Waals surface area contributed by atoms with Crippen LogP contribution in [0, 0.1) is 17.6 Å². The molecular weight excluding hydrogens is 266 g/mol. The maximum atomic E-state index is 13.0. The minimum Gasteiger partial charge on any atom is -0.356 e. The maximum Gasteiger partial charge on any atom is 0.220 e. The van der Waals surface area contributed by atoms with E-state index in [0.717, 1.165) is 12.1 Å². The van der Waals surface area contributed by atoms with Gasteiger partial charge in [0.15, 0.2) is 17.4 Å². The summed E-state index contributed by atoms with van der Waals surface area (Å²) in [7, 11) is 0. The highest BCUT2D eigenvalue weighted by atomic mass is 19.2. The van der Waals surface area contributed by atoms with Crippen LogP contribution in [0.4, 0.5) is 8.78 Å². The molecule has 0 spiro atoms. The zero-order chi connectivity index (χ0) is 15.1. The van der Waals surface area contributed by atoms with Gasteiger partial charge in [0, 0.05) is 24.9 Å². The predicted molar refractivity (Wildman–Crippen MR) is 71.2 cm³/mol. The van der Waals surface area contributed by atoms with Gasteiger partial charge in [0.1, 0.15) is 0 Å². The van der Waals surface area contributed by atoms with E-state index in [2.05, 4.69) is 5.32 Å². The van der Waals surface area contributed by atoms with Gasteiger partial charge in [0.2, 0.25) is 5.91 Å². The molecule has 0 fully saturated rings. The van der Waals surface area contributed by atoms with Gasteiger partial charge >= 0.3 is 0 Å². The first-order valence-corrected chi connectivity index (χ1v) is 6.39. The largest absolute Gasteiger partial charge is 0.356 e. The van der Waals surface area contributed by atoms with E-state index in [1.165, 1.54) is 6.07 Å². The second kappa shape index (κ2) is 7.69. The van der Waals surface area contributed by atoms with Crippen LogP contribution in [0.25, 0.3) is 0 Å². The number of halogens is 2. The molecule has 0 aliphatic rings. The Kier molecular flexibility index (Phi) is 6.24. The lowest BCUT2D eigenvalue weighted by Crippen LogP contribution is -2.31. The van der Waals surface area contributed by atoms with Crippen LogP contribution in [0.3, 0.4) is 0 Å². The number of nitrogens with one attached hydrogen (secondary N) is 1. The molecule has 0 aromatic heterocycles. The molecule has 1 unspecified atom stereocenters. The molecule has 1 aromatic carbocycles. The lowest BCUT2D eigenvalue weighted by atomic mass is 10.1. The summed E-state index contributed by atoms with van der Waals surface area (Å²) in [4.78, 5) is 23.2. The van der Waals surface area contributed by atoms with Crippen LogP contribution in [0.2, 0.25) is 0 Å². The number of benzene rings is 1. The molecule has 0 bridgehead atoms. The van der Waals surface area contributed by atoms with E-state index in [1.54, 1.807) is 0 Å². The fourth-order valence-electron chi connectivity index (χ4n) is 1.50. The average molecular weight is 284 g/mol. The third kappa shape index (κ3) is 5.05. The molecule has 1 amide bonds. The van der Waals surface area contributed by atoms with Crippen molar-refractivity contribution in [1.82, 2.24) is 5.32 Å². The minimum absolute atomic E-state index is 0.00905. The Morgan fingerprint density at radius 2 is 1.95 bits per heavy atom. The van der Waals surface area contributed by atoms with Crippen molar-refractivity contribution in [3.8, 4) is 0 Å². The number of hydrogen-bond donors (Lipinski definition) is 2. The van der Waals surface area contributed by atoms with Crippen LogP contribution >= 0.6 is 0 Å². The number of Topliss-reactive ketones (excluding diaryl/α,β-unsaturated/α-hetero) is 1. The SMILES string of the molecule is CC(CN)CNC(=O)CCC(=O)c1ccc(F)c(F)c1. The van der Waals surface area contributed by atoms with Crippen LogP contribution in [-0.2, 0) is 4.79 Å². The van der Waals surface area contributed by atoms with E-state index < -0.39 is 17.4 Å². The Balaban J connectivity index is 2.43.